The van der Waals surface area contributed by atoms with E-state index in [1.165, 1.54) is 6.08 Å². The van der Waals surface area contributed by atoms with Crippen LogP contribution in [-0.4, -0.2) is 58.4 Å². The molecule has 4 rings (SSSR count). The number of aliphatic hydroxyl groups is 1. The van der Waals surface area contributed by atoms with Crippen molar-refractivity contribution in [1.29, 1.82) is 0 Å². The number of esters is 2. The molecule has 2 bridgehead atoms. The first kappa shape index (κ1) is 19.1. The van der Waals surface area contributed by atoms with Crippen LogP contribution in [-0.2, 0) is 33.3 Å². The van der Waals surface area contributed by atoms with Crippen molar-refractivity contribution in [3.63, 3.8) is 0 Å². The van der Waals surface area contributed by atoms with Gasteiger partial charge in [0.25, 0.3) is 0 Å². The Kier molecular flexibility index (Phi) is 4.04. The van der Waals surface area contributed by atoms with Gasteiger partial charge in [-0.05, 0) is 20.8 Å². The molecule has 0 spiro atoms. The first-order chi connectivity index (χ1) is 13.0. The van der Waals surface area contributed by atoms with Gasteiger partial charge in [0.05, 0.1) is 12.0 Å². The summed E-state index contributed by atoms with van der Waals surface area (Å²) in [6.45, 7) is 10.4. The highest BCUT2D eigenvalue weighted by molar-refractivity contribution is 5.99. The van der Waals surface area contributed by atoms with Crippen LogP contribution in [0.15, 0.2) is 24.0 Å². The number of carbonyl (C=O) groups is 3. The Balaban J connectivity index is 1.73. The lowest BCUT2D eigenvalue weighted by molar-refractivity contribution is -0.168. The molecular formula is C20H24O8. The average Bonchev–Trinajstić information content (AvgIpc) is 3.00. The zero-order chi connectivity index (χ0) is 20.6. The molecule has 0 aromatic rings. The summed E-state index contributed by atoms with van der Waals surface area (Å²) in [4.78, 5) is 37.4. The van der Waals surface area contributed by atoms with Gasteiger partial charge in [-0.25, -0.2) is 9.59 Å². The van der Waals surface area contributed by atoms with E-state index >= 15 is 0 Å². The van der Waals surface area contributed by atoms with Crippen LogP contribution in [0.2, 0.25) is 0 Å². The molecule has 0 aliphatic carbocycles. The highest BCUT2D eigenvalue weighted by atomic mass is 16.7. The number of carbonyl (C=O) groups excluding carboxylic acids is 3. The summed E-state index contributed by atoms with van der Waals surface area (Å²) in [5, 5.41) is 11.1. The summed E-state index contributed by atoms with van der Waals surface area (Å²) in [6.07, 6.45) is -2.03. The van der Waals surface area contributed by atoms with E-state index in [0.717, 1.165) is 0 Å². The largest absolute Gasteiger partial charge is 0.483 e. The van der Waals surface area contributed by atoms with Crippen LogP contribution in [0.4, 0.5) is 0 Å². The molecule has 0 amide bonds. The third-order valence-corrected chi connectivity index (χ3v) is 6.49. The Morgan fingerprint density at radius 2 is 1.96 bits per heavy atom. The zero-order valence-electron chi connectivity index (χ0n) is 16.3. The van der Waals surface area contributed by atoms with Gasteiger partial charge >= 0.3 is 11.9 Å². The van der Waals surface area contributed by atoms with E-state index in [9.17, 15) is 19.5 Å². The van der Waals surface area contributed by atoms with E-state index in [-0.39, 0.29) is 23.9 Å². The molecule has 0 aromatic heterocycles. The number of aliphatic hydroxyl groups excluding tert-OH is 1. The monoisotopic (exact) mass is 392 g/mol. The predicted molar refractivity (Wildman–Crippen MR) is 93.7 cm³/mol. The van der Waals surface area contributed by atoms with E-state index in [1.54, 1.807) is 27.7 Å². The molecule has 152 valence electrons. The van der Waals surface area contributed by atoms with Gasteiger partial charge in [-0.3, -0.25) is 4.79 Å². The second-order valence-electron chi connectivity index (χ2n) is 8.46. The Hall–Kier alpha value is -2.19. The Bertz CT molecular complexity index is 815. The van der Waals surface area contributed by atoms with Gasteiger partial charge in [-0.1, -0.05) is 13.5 Å². The first-order valence-corrected chi connectivity index (χ1v) is 9.40. The van der Waals surface area contributed by atoms with Gasteiger partial charge in [0.2, 0.25) is 5.78 Å². The van der Waals surface area contributed by atoms with Crippen LogP contribution in [0.25, 0.3) is 0 Å². The summed E-state index contributed by atoms with van der Waals surface area (Å²) in [5.41, 5.74) is -2.19. The molecule has 1 N–H and O–H groups in total. The van der Waals surface area contributed by atoms with Crippen molar-refractivity contribution in [1.82, 2.24) is 0 Å². The molecule has 4 aliphatic rings. The van der Waals surface area contributed by atoms with Crippen LogP contribution >= 0.6 is 0 Å². The van der Waals surface area contributed by atoms with Gasteiger partial charge in [0, 0.05) is 24.0 Å². The van der Waals surface area contributed by atoms with Gasteiger partial charge in [-0.15, -0.1) is 0 Å². The molecule has 8 heteroatoms. The molecule has 8 atom stereocenters. The second kappa shape index (κ2) is 5.90. The average molecular weight is 392 g/mol. The number of epoxide rings is 1. The molecular weight excluding hydrogens is 368 g/mol. The minimum Gasteiger partial charge on any atom is -0.483 e. The van der Waals surface area contributed by atoms with Crippen LogP contribution in [0.5, 0.6) is 0 Å². The molecule has 4 aliphatic heterocycles. The van der Waals surface area contributed by atoms with Gasteiger partial charge in [-0.2, -0.15) is 0 Å². The molecule has 8 unspecified atom stereocenters. The fourth-order valence-electron chi connectivity index (χ4n) is 4.19. The summed E-state index contributed by atoms with van der Waals surface area (Å²) >= 11 is 0. The minimum absolute atomic E-state index is 0.0684. The first-order valence-electron chi connectivity index (χ1n) is 9.40. The SMILES string of the molecule is C=C1C(=O)OC2CC3(C)OC(=CC3=O)C(C)C(O)C(OC(=O)C3(C)OC3C)C12. The maximum Gasteiger partial charge on any atom is 0.341 e. The van der Waals surface area contributed by atoms with E-state index in [2.05, 4.69) is 6.58 Å². The van der Waals surface area contributed by atoms with Crippen molar-refractivity contribution in [2.75, 3.05) is 0 Å². The van der Waals surface area contributed by atoms with E-state index < -0.39 is 53.3 Å². The molecule has 0 aromatic carbocycles. The topological polar surface area (TPSA) is 112 Å². The maximum atomic E-state index is 12.7. The molecule has 0 radical (unpaired) electrons. The number of hydrogen-bond acceptors (Lipinski definition) is 8. The summed E-state index contributed by atoms with van der Waals surface area (Å²) in [5.74, 6) is -2.63. The molecule has 3 fully saturated rings. The Morgan fingerprint density at radius 3 is 2.57 bits per heavy atom. The summed E-state index contributed by atoms with van der Waals surface area (Å²) in [7, 11) is 0. The maximum absolute atomic E-state index is 12.7. The van der Waals surface area contributed by atoms with Crippen LogP contribution in [0, 0.1) is 11.8 Å². The number of fused-ring (bicyclic) bond motifs is 3. The summed E-state index contributed by atoms with van der Waals surface area (Å²) in [6, 6.07) is 0. The van der Waals surface area contributed by atoms with Gasteiger partial charge in [0.15, 0.2) is 11.2 Å². The molecule has 4 heterocycles. The highest BCUT2D eigenvalue weighted by Crippen LogP contribution is 2.46. The fraction of sp³-hybridized carbons (Fsp3) is 0.650. The number of hydrogen-bond donors (Lipinski definition) is 1. The molecule has 28 heavy (non-hydrogen) atoms. The molecule has 0 saturated carbocycles. The van der Waals surface area contributed by atoms with Crippen molar-refractivity contribution in [2.24, 2.45) is 11.8 Å². The van der Waals surface area contributed by atoms with Crippen molar-refractivity contribution in [3.8, 4) is 0 Å². The normalized spacial score (nSPS) is 47.2. The van der Waals surface area contributed by atoms with Crippen LogP contribution < -0.4 is 0 Å². The number of ether oxygens (including phenoxy) is 4. The lowest BCUT2D eigenvalue weighted by Crippen LogP contribution is -2.47. The van der Waals surface area contributed by atoms with Crippen molar-refractivity contribution < 1.29 is 38.4 Å². The third-order valence-electron chi connectivity index (χ3n) is 6.49. The Morgan fingerprint density at radius 1 is 1.32 bits per heavy atom. The Labute approximate surface area is 162 Å². The molecule has 3 saturated heterocycles. The van der Waals surface area contributed by atoms with Crippen molar-refractivity contribution in [3.05, 3.63) is 24.0 Å². The van der Waals surface area contributed by atoms with E-state index in [0.29, 0.717) is 5.76 Å². The van der Waals surface area contributed by atoms with Gasteiger partial charge in [0.1, 0.15) is 24.1 Å². The van der Waals surface area contributed by atoms with E-state index in [4.69, 9.17) is 18.9 Å². The third kappa shape index (κ3) is 2.62. The summed E-state index contributed by atoms with van der Waals surface area (Å²) < 4.78 is 22.3. The van der Waals surface area contributed by atoms with E-state index in [1.807, 2.05) is 0 Å². The number of ketones is 1. The smallest absolute Gasteiger partial charge is 0.341 e. The van der Waals surface area contributed by atoms with Crippen molar-refractivity contribution in [2.45, 2.75) is 69.7 Å². The quantitative estimate of drug-likeness (QED) is 0.418. The minimum atomic E-state index is -1.24. The van der Waals surface area contributed by atoms with Gasteiger partial charge < -0.3 is 24.1 Å². The zero-order valence-corrected chi connectivity index (χ0v) is 16.3. The second-order valence-corrected chi connectivity index (χ2v) is 8.46. The standard InChI is InChI=1S/C20H24O8/c1-8-11-6-13(21)19(4,28-11)7-12-14(9(2)17(23)25-12)16(15(8)22)26-18(24)20(5)10(3)27-20/h6,8,10,12,14-16,22H,2,7H2,1,3-5H3. The number of rotatable bonds is 2. The van der Waals surface area contributed by atoms with Crippen LogP contribution in [0.1, 0.15) is 34.1 Å². The highest BCUT2D eigenvalue weighted by Gasteiger charge is 2.60. The van der Waals surface area contributed by atoms with Crippen LogP contribution in [0.3, 0.4) is 0 Å². The fourth-order valence-corrected chi connectivity index (χ4v) is 4.19. The lowest BCUT2D eigenvalue weighted by atomic mass is 9.79. The van der Waals surface area contributed by atoms with Crippen molar-refractivity contribution >= 4 is 17.7 Å². The lowest BCUT2D eigenvalue weighted by Gasteiger charge is -2.33. The predicted octanol–water partition coefficient (Wildman–Crippen LogP) is 0.816. The molecule has 8 nitrogen and oxygen atoms in total.